The van der Waals surface area contributed by atoms with Gasteiger partial charge in [0.05, 0.1) is 17.8 Å². The topological polar surface area (TPSA) is 107 Å². The largest absolute Gasteiger partial charge is 0.416 e. The van der Waals surface area contributed by atoms with E-state index in [4.69, 9.17) is 0 Å². The van der Waals surface area contributed by atoms with Crippen LogP contribution in [-0.4, -0.2) is 63.5 Å². The third-order valence-corrected chi connectivity index (χ3v) is 8.49. The third kappa shape index (κ3) is 6.51. The summed E-state index contributed by atoms with van der Waals surface area (Å²) in [5.74, 6) is -1.13. The van der Waals surface area contributed by atoms with Gasteiger partial charge in [-0.15, -0.1) is 11.3 Å². The molecule has 212 valence electrons. The van der Waals surface area contributed by atoms with Gasteiger partial charge in [-0.2, -0.15) is 13.2 Å². The molecule has 2 aromatic heterocycles. The number of benzene rings is 1. The van der Waals surface area contributed by atoms with E-state index >= 15 is 0 Å². The second-order valence-electron chi connectivity index (χ2n) is 10.3. The highest BCUT2D eigenvalue weighted by molar-refractivity contribution is 7.13. The van der Waals surface area contributed by atoms with Crippen molar-refractivity contribution < 1.29 is 27.9 Å². The maximum Gasteiger partial charge on any atom is 0.416 e. The fourth-order valence-electron chi connectivity index (χ4n) is 5.48. The number of aliphatic hydroxyl groups is 1. The van der Waals surface area contributed by atoms with Crippen LogP contribution in [0.4, 0.5) is 13.2 Å². The number of carbonyl (C=O) groups is 2. The molecule has 1 aliphatic heterocycles. The van der Waals surface area contributed by atoms with Crippen molar-refractivity contribution in [3.8, 4) is 10.6 Å². The second kappa shape index (κ2) is 11.6. The zero-order chi connectivity index (χ0) is 28.3. The second-order valence-corrected chi connectivity index (χ2v) is 11.2. The van der Waals surface area contributed by atoms with Crippen molar-refractivity contribution in [1.82, 2.24) is 25.5 Å². The summed E-state index contributed by atoms with van der Waals surface area (Å²) in [6, 6.07) is 8.12. The molecule has 0 spiro atoms. The summed E-state index contributed by atoms with van der Waals surface area (Å²) < 4.78 is 38.7. The van der Waals surface area contributed by atoms with Crippen LogP contribution >= 0.6 is 11.3 Å². The Bertz CT molecular complexity index is 1330. The van der Waals surface area contributed by atoms with E-state index in [9.17, 15) is 27.9 Å². The summed E-state index contributed by atoms with van der Waals surface area (Å²) in [4.78, 5) is 35.8. The number of pyridine rings is 1. The lowest BCUT2D eigenvalue weighted by molar-refractivity contribution is -0.137. The van der Waals surface area contributed by atoms with Gasteiger partial charge < -0.3 is 15.7 Å². The van der Waals surface area contributed by atoms with Crippen molar-refractivity contribution in [2.24, 2.45) is 0 Å². The minimum absolute atomic E-state index is 0.0844. The van der Waals surface area contributed by atoms with Crippen molar-refractivity contribution in [2.45, 2.75) is 56.0 Å². The normalized spacial score (nSPS) is 23.6. The Balaban J connectivity index is 1.06. The minimum atomic E-state index is -4.55. The predicted molar refractivity (Wildman–Crippen MR) is 143 cm³/mol. The number of nitrogens with zero attached hydrogens (tertiary/aromatic N) is 3. The van der Waals surface area contributed by atoms with E-state index in [0.717, 1.165) is 54.6 Å². The first kappa shape index (κ1) is 28.2. The van der Waals surface area contributed by atoms with Crippen LogP contribution in [0, 0.1) is 0 Å². The summed E-state index contributed by atoms with van der Waals surface area (Å²) >= 11 is 1.54. The number of hydrogen-bond donors (Lipinski definition) is 3. The lowest BCUT2D eigenvalue weighted by atomic mass is 9.79. The zero-order valence-corrected chi connectivity index (χ0v) is 22.5. The maximum absolute atomic E-state index is 12.9. The molecule has 5 rings (SSSR count). The number of carbonyl (C=O) groups excluding carboxylic acids is 2. The van der Waals surface area contributed by atoms with E-state index in [1.165, 1.54) is 6.07 Å². The van der Waals surface area contributed by atoms with Crippen LogP contribution in [0.25, 0.3) is 10.6 Å². The Hall–Kier alpha value is -3.35. The number of nitrogens with one attached hydrogen (secondary N) is 2. The number of halogens is 3. The van der Waals surface area contributed by atoms with Crippen molar-refractivity contribution in [3.05, 3.63) is 71.0 Å². The number of amides is 2. The maximum atomic E-state index is 12.9. The van der Waals surface area contributed by atoms with Crippen LogP contribution in [-0.2, 0) is 16.6 Å². The number of thiazole rings is 1. The molecule has 1 aromatic carbocycles. The molecule has 3 aromatic rings. The predicted octanol–water partition coefficient (Wildman–Crippen LogP) is 3.97. The monoisotopic (exact) mass is 573 g/mol. The van der Waals surface area contributed by atoms with Crippen molar-refractivity contribution in [3.63, 3.8) is 0 Å². The molecular weight excluding hydrogens is 543 g/mol. The molecule has 0 radical (unpaired) electrons. The average molecular weight is 574 g/mol. The van der Waals surface area contributed by atoms with Crippen molar-refractivity contribution in [2.75, 3.05) is 19.6 Å². The van der Waals surface area contributed by atoms with Gasteiger partial charge in [-0.3, -0.25) is 19.5 Å². The molecule has 1 saturated heterocycles. The number of hydrogen-bond acceptors (Lipinski definition) is 7. The van der Waals surface area contributed by atoms with Crippen LogP contribution in [0.5, 0.6) is 0 Å². The first-order chi connectivity index (χ1) is 19.1. The van der Waals surface area contributed by atoms with Crippen molar-refractivity contribution in [1.29, 1.82) is 0 Å². The van der Waals surface area contributed by atoms with Gasteiger partial charge >= 0.3 is 6.18 Å². The smallest absolute Gasteiger partial charge is 0.384 e. The highest BCUT2D eigenvalue weighted by Crippen LogP contribution is 2.39. The molecule has 0 unspecified atom stereocenters. The van der Waals surface area contributed by atoms with Gasteiger partial charge in [0.2, 0.25) is 5.91 Å². The number of aromatic nitrogens is 2. The highest BCUT2D eigenvalue weighted by Gasteiger charge is 2.39. The number of alkyl halides is 3. The standard InChI is InChI=1S/C28H30F3N5O3S/c29-28(30,31)20-3-1-2-18(14-20)25(38)34-16-24(37)35-21-8-12-36(17-21)22-6-9-27(39,10-7-22)23-5-4-19(15-33-23)26-32-11-13-40-26/h1-5,11,13-15,21-22,39H,6-10,12,16-17H2,(H,34,38)(H,35,37)/t21-,22?,27?/m1/s1. The van der Waals surface area contributed by atoms with Crippen LogP contribution < -0.4 is 10.6 Å². The molecule has 2 amide bonds. The lowest BCUT2D eigenvalue weighted by Gasteiger charge is -2.39. The lowest BCUT2D eigenvalue weighted by Crippen LogP contribution is -2.45. The van der Waals surface area contributed by atoms with Gasteiger partial charge in [0, 0.05) is 54.1 Å². The fraction of sp³-hybridized carbons (Fsp3) is 0.429. The quantitative estimate of drug-likeness (QED) is 0.395. The fourth-order valence-corrected chi connectivity index (χ4v) is 6.11. The highest BCUT2D eigenvalue weighted by atomic mass is 32.1. The Morgan fingerprint density at radius 3 is 2.60 bits per heavy atom. The molecule has 8 nitrogen and oxygen atoms in total. The molecule has 1 atom stereocenters. The molecule has 12 heteroatoms. The first-order valence-electron chi connectivity index (χ1n) is 13.2. The van der Waals surface area contributed by atoms with Gasteiger partial charge in [0.1, 0.15) is 10.6 Å². The summed E-state index contributed by atoms with van der Waals surface area (Å²) in [5, 5.41) is 19.4. The SMILES string of the molecule is O=C(CNC(=O)c1cccc(C(F)(F)F)c1)N[C@@H]1CCN(C2CCC(O)(c3ccc(-c4nccs4)cn3)CC2)C1. The summed E-state index contributed by atoms with van der Waals surface area (Å²) in [6.45, 7) is 1.15. The number of likely N-dealkylation sites (tertiary alicyclic amines) is 1. The molecule has 2 fully saturated rings. The summed E-state index contributed by atoms with van der Waals surface area (Å²) in [7, 11) is 0. The minimum Gasteiger partial charge on any atom is -0.384 e. The Morgan fingerprint density at radius 2 is 1.93 bits per heavy atom. The number of rotatable bonds is 7. The zero-order valence-electron chi connectivity index (χ0n) is 21.7. The van der Waals surface area contributed by atoms with Crippen molar-refractivity contribution >= 4 is 23.2 Å². The van der Waals surface area contributed by atoms with E-state index < -0.39 is 29.2 Å². The average Bonchev–Trinajstić information content (AvgIpc) is 3.65. The van der Waals surface area contributed by atoms with Crippen LogP contribution in [0.2, 0.25) is 0 Å². The Kier molecular flexibility index (Phi) is 8.20. The van der Waals surface area contributed by atoms with E-state index in [1.54, 1.807) is 23.7 Å². The van der Waals surface area contributed by atoms with Gasteiger partial charge in [0.25, 0.3) is 5.91 Å². The van der Waals surface area contributed by atoms with E-state index in [2.05, 4.69) is 25.5 Å². The molecule has 0 bridgehead atoms. The van der Waals surface area contributed by atoms with E-state index in [-0.39, 0.29) is 24.2 Å². The molecule has 40 heavy (non-hydrogen) atoms. The van der Waals surface area contributed by atoms with Crippen LogP contribution in [0.3, 0.4) is 0 Å². The van der Waals surface area contributed by atoms with Gasteiger partial charge in [0.15, 0.2) is 0 Å². The molecule has 1 aliphatic carbocycles. The van der Waals surface area contributed by atoms with Crippen LogP contribution in [0.15, 0.2) is 54.2 Å². The summed E-state index contributed by atoms with van der Waals surface area (Å²) in [6.07, 6.45) is 2.51. The summed E-state index contributed by atoms with van der Waals surface area (Å²) in [5.41, 5.74) is -0.444. The molecule has 2 aliphatic rings. The molecule has 3 heterocycles. The van der Waals surface area contributed by atoms with Gasteiger partial charge in [-0.25, -0.2) is 4.98 Å². The molecular formula is C28H30F3N5O3S. The third-order valence-electron chi connectivity index (χ3n) is 7.66. The Morgan fingerprint density at radius 1 is 1.12 bits per heavy atom. The van der Waals surface area contributed by atoms with Crippen LogP contribution in [0.1, 0.15) is 53.7 Å². The molecule has 3 N–H and O–H groups in total. The van der Waals surface area contributed by atoms with Gasteiger partial charge in [-0.1, -0.05) is 6.07 Å². The molecule has 1 saturated carbocycles. The first-order valence-corrected chi connectivity index (χ1v) is 14.1. The van der Waals surface area contributed by atoms with E-state index in [0.29, 0.717) is 25.1 Å². The Labute approximate surface area is 233 Å². The van der Waals surface area contributed by atoms with E-state index in [1.807, 2.05) is 17.5 Å². The van der Waals surface area contributed by atoms with Gasteiger partial charge in [-0.05, 0) is 62.4 Å².